The van der Waals surface area contributed by atoms with E-state index in [0.29, 0.717) is 15.8 Å². The summed E-state index contributed by atoms with van der Waals surface area (Å²) < 4.78 is 7.17. The van der Waals surface area contributed by atoms with Crippen molar-refractivity contribution < 1.29 is 9.21 Å². The number of para-hydroxylation sites is 1. The molecule has 2 heterocycles. The van der Waals surface area contributed by atoms with Crippen LogP contribution in [0.4, 0.5) is 0 Å². The van der Waals surface area contributed by atoms with E-state index in [4.69, 9.17) is 4.42 Å². The number of aryl methyl sites for hydroxylation is 1. The molecule has 0 aliphatic carbocycles. The van der Waals surface area contributed by atoms with Crippen molar-refractivity contribution >= 4 is 28.2 Å². The standard InChI is InChI=1S/C14H10N2O3S/c1-16-6-7-20-14(16)15-13(18)12-8-10(17)9-4-2-3-5-11(9)19-12/h2-8H,1H3. The summed E-state index contributed by atoms with van der Waals surface area (Å²) in [5, 5.41) is 2.27. The second-order valence-electron chi connectivity index (χ2n) is 4.18. The van der Waals surface area contributed by atoms with Gasteiger partial charge in [0.15, 0.2) is 16.0 Å². The number of carbonyl (C=O) groups is 1. The zero-order chi connectivity index (χ0) is 14.1. The highest BCUT2D eigenvalue weighted by Gasteiger charge is 2.11. The summed E-state index contributed by atoms with van der Waals surface area (Å²) in [6.45, 7) is 0. The van der Waals surface area contributed by atoms with E-state index in [0.717, 1.165) is 0 Å². The van der Waals surface area contributed by atoms with Gasteiger partial charge in [-0.2, -0.15) is 4.99 Å². The molecule has 0 unspecified atom stereocenters. The first-order valence-corrected chi connectivity index (χ1v) is 6.75. The average Bonchev–Trinajstić information content (AvgIpc) is 2.84. The second-order valence-corrected chi connectivity index (χ2v) is 5.06. The van der Waals surface area contributed by atoms with Crippen molar-refractivity contribution in [2.45, 2.75) is 0 Å². The highest BCUT2D eigenvalue weighted by molar-refractivity contribution is 7.07. The Kier molecular flexibility index (Phi) is 3.08. The fraction of sp³-hybridized carbons (Fsp3) is 0.0714. The smallest absolute Gasteiger partial charge is 0.315 e. The number of rotatable bonds is 1. The molecular weight excluding hydrogens is 276 g/mol. The summed E-state index contributed by atoms with van der Waals surface area (Å²) in [4.78, 5) is 28.5. The molecule has 0 fully saturated rings. The number of aromatic nitrogens is 1. The van der Waals surface area contributed by atoms with Gasteiger partial charge < -0.3 is 8.98 Å². The van der Waals surface area contributed by atoms with Gasteiger partial charge in [0.1, 0.15) is 5.58 Å². The minimum atomic E-state index is -0.564. The van der Waals surface area contributed by atoms with Gasteiger partial charge in [0.25, 0.3) is 0 Å². The molecule has 2 aromatic heterocycles. The number of thiazole rings is 1. The minimum Gasteiger partial charge on any atom is -0.451 e. The molecule has 0 saturated carbocycles. The fourth-order valence-corrected chi connectivity index (χ4v) is 2.51. The van der Waals surface area contributed by atoms with Crippen LogP contribution in [0.2, 0.25) is 0 Å². The van der Waals surface area contributed by atoms with E-state index in [2.05, 4.69) is 4.99 Å². The Hall–Kier alpha value is -2.47. The van der Waals surface area contributed by atoms with Gasteiger partial charge in [-0.15, -0.1) is 11.3 Å². The monoisotopic (exact) mass is 286 g/mol. The summed E-state index contributed by atoms with van der Waals surface area (Å²) in [6.07, 6.45) is 1.80. The third kappa shape index (κ3) is 2.21. The summed E-state index contributed by atoms with van der Waals surface area (Å²) in [7, 11) is 1.79. The van der Waals surface area contributed by atoms with Crippen LogP contribution < -0.4 is 10.2 Å². The number of amides is 1. The number of hydrogen-bond acceptors (Lipinski definition) is 4. The Balaban J connectivity index is 2.14. The third-order valence-electron chi connectivity index (χ3n) is 2.80. The van der Waals surface area contributed by atoms with Crippen LogP contribution in [0.1, 0.15) is 10.6 Å². The first kappa shape index (κ1) is 12.6. The molecule has 0 aliphatic rings. The van der Waals surface area contributed by atoms with Crippen LogP contribution in [0.5, 0.6) is 0 Å². The Labute approximate surface area is 117 Å². The van der Waals surface area contributed by atoms with E-state index in [1.165, 1.54) is 17.4 Å². The lowest BCUT2D eigenvalue weighted by molar-refractivity contribution is 0.0972. The molecule has 5 nitrogen and oxygen atoms in total. The predicted molar refractivity (Wildman–Crippen MR) is 75.7 cm³/mol. The molecule has 3 aromatic rings. The van der Waals surface area contributed by atoms with Gasteiger partial charge in [-0.1, -0.05) is 12.1 Å². The van der Waals surface area contributed by atoms with Crippen molar-refractivity contribution in [1.29, 1.82) is 0 Å². The van der Waals surface area contributed by atoms with Crippen molar-refractivity contribution in [2.24, 2.45) is 12.0 Å². The molecule has 1 aromatic carbocycles. The Morgan fingerprint density at radius 1 is 1.35 bits per heavy atom. The Morgan fingerprint density at radius 2 is 2.15 bits per heavy atom. The molecule has 0 atom stereocenters. The van der Waals surface area contributed by atoms with Crippen LogP contribution in [0.3, 0.4) is 0 Å². The molecule has 1 amide bonds. The van der Waals surface area contributed by atoms with Gasteiger partial charge in [0.05, 0.1) is 5.39 Å². The lowest BCUT2D eigenvalue weighted by atomic mass is 10.2. The van der Waals surface area contributed by atoms with Crippen molar-refractivity contribution in [3.8, 4) is 0 Å². The lowest BCUT2D eigenvalue weighted by Crippen LogP contribution is -2.13. The predicted octanol–water partition coefficient (Wildman–Crippen LogP) is 1.93. The second kappa shape index (κ2) is 4.90. The molecule has 6 heteroatoms. The normalized spacial score (nSPS) is 11.9. The molecule has 0 N–H and O–H groups in total. The van der Waals surface area contributed by atoms with Gasteiger partial charge in [0.2, 0.25) is 0 Å². The number of benzene rings is 1. The van der Waals surface area contributed by atoms with Gasteiger partial charge >= 0.3 is 5.91 Å². The van der Waals surface area contributed by atoms with Gasteiger partial charge in [-0.05, 0) is 12.1 Å². The number of hydrogen-bond donors (Lipinski definition) is 0. The van der Waals surface area contributed by atoms with Crippen molar-refractivity contribution in [1.82, 2.24) is 4.57 Å². The first-order chi connectivity index (χ1) is 9.65. The van der Waals surface area contributed by atoms with Gasteiger partial charge in [0, 0.05) is 24.7 Å². The van der Waals surface area contributed by atoms with E-state index in [1.807, 2.05) is 5.38 Å². The maximum atomic E-state index is 12.1. The molecular formula is C14H10N2O3S. The zero-order valence-corrected chi connectivity index (χ0v) is 11.4. The average molecular weight is 286 g/mol. The van der Waals surface area contributed by atoms with E-state index >= 15 is 0 Å². The molecule has 0 spiro atoms. The topological polar surface area (TPSA) is 64.6 Å². The number of carbonyl (C=O) groups excluding carboxylic acids is 1. The molecule has 100 valence electrons. The maximum absolute atomic E-state index is 12.1. The van der Waals surface area contributed by atoms with E-state index in [1.54, 1.807) is 42.1 Å². The van der Waals surface area contributed by atoms with Gasteiger partial charge in [-0.3, -0.25) is 9.59 Å². The summed E-state index contributed by atoms with van der Waals surface area (Å²) in [5.41, 5.74) is 0.134. The van der Waals surface area contributed by atoms with Crippen LogP contribution in [-0.4, -0.2) is 10.5 Å². The number of nitrogens with zero attached hydrogens (tertiary/aromatic N) is 2. The Bertz CT molecular complexity index is 918. The van der Waals surface area contributed by atoms with Crippen LogP contribution in [-0.2, 0) is 7.05 Å². The van der Waals surface area contributed by atoms with Crippen molar-refractivity contribution in [2.75, 3.05) is 0 Å². The largest absolute Gasteiger partial charge is 0.451 e. The highest BCUT2D eigenvalue weighted by atomic mass is 32.1. The molecule has 20 heavy (non-hydrogen) atoms. The highest BCUT2D eigenvalue weighted by Crippen LogP contribution is 2.12. The van der Waals surface area contributed by atoms with Crippen LogP contribution in [0.25, 0.3) is 11.0 Å². The van der Waals surface area contributed by atoms with E-state index in [9.17, 15) is 9.59 Å². The molecule has 0 saturated heterocycles. The van der Waals surface area contributed by atoms with Crippen LogP contribution in [0.15, 0.2) is 56.1 Å². The SMILES string of the molecule is Cn1ccsc1=NC(=O)c1cc(=O)c2ccccc2o1. The van der Waals surface area contributed by atoms with Gasteiger partial charge in [-0.25, -0.2) is 0 Å². The fourth-order valence-electron chi connectivity index (χ4n) is 1.79. The van der Waals surface area contributed by atoms with E-state index < -0.39 is 5.91 Å². The first-order valence-electron chi connectivity index (χ1n) is 5.87. The van der Waals surface area contributed by atoms with Crippen LogP contribution in [0, 0.1) is 0 Å². The summed E-state index contributed by atoms with van der Waals surface area (Å²) >= 11 is 1.34. The zero-order valence-electron chi connectivity index (χ0n) is 10.6. The summed E-state index contributed by atoms with van der Waals surface area (Å²) in [5.74, 6) is -0.618. The van der Waals surface area contributed by atoms with Crippen molar-refractivity contribution in [3.05, 3.63) is 62.7 Å². The molecule has 0 bridgehead atoms. The van der Waals surface area contributed by atoms with E-state index in [-0.39, 0.29) is 11.2 Å². The van der Waals surface area contributed by atoms with Crippen molar-refractivity contribution in [3.63, 3.8) is 0 Å². The minimum absolute atomic E-state index is 0.0536. The summed E-state index contributed by atoms with van der Waals surface area (Å²) in [6, 6.07) is 7.99. The Morgan fingerprint density at radius 3 is 2.90 bits per heavy atom. The molecule has 0 aliphatic heterocycles. The lowest BCUT2D eigenvalue weighted by Gasteiger charge is -1.98. The molecule has 0 radical (unpaired) electrons. The number of fused-ring (bicyclic) bond motifs is 1. The maximum Gasteiger partial charge on any atom is 0.315 e. The molecule has 3 rings (SSSR count). The quantitative estimate of drug-likeness (QED) is 0.686. The van der Waals surface area contributed by atoms with Crippen LogP contribution >= 0.6 is 11.3 Å². The third-order valence-corrected chi connectivity index (χ3v) is 3.65.